The van der Waals surface area contributed by atoms with Gasteiger partial charge in [0.25, 0.3) is 0 Å². The Kier molecular flexibility index (Phi) is 4.99. The molecule has 0 amide bonds. The van der Waals surface area contributed by atoms with Crippen LogP contribution in [0.1, 0.15) is 26.7 Å². The number of amidine groups is 1. The van der Waals surface area contributed by atoms with Crippen LogP contribution in [0.25, 0.3) is 0 Å². The number of rotatable bonds is 3. The van der Waals surface area contributed by atoms with E-state index in [1.807, 2.05) is 14.1 Å². The van der Waals surface area contributed by atoms with Crippen molar-refractivity contribution in [2.75, 3.05) is 14.1 Å². The molecule has 0 aliphatic carbocycles. The van der Waals surface area contributed by atoms with E-state index in [0.29, 0.717) is 5.92 Å². The first kappa shape index (κ1) is 9.47. The van der Waals surface area contributed by atoms with Crippen molar-refractivity contribution in [3.63, 3.8) is 0 Å². The monoisotopic (exact) mass is 142 g/mol. The van der Waals surface area contributed by atoms with E-state index in [1.54, 1.807) is 0 Å². The Morgan fingerprint density at radius 3 is 2.00 bits per heavy atom. The molecule has 2 nitrogen and oxygen atoms in total. The quantitative estimate of drug-likeness (QED) is 0.470. The van der Waals surface area contributed by atoms with E-state index in [4.69, 9.17) is 0 Å². The van der Waals surface area contributed by atoms with Crippen LogP contribution in [0.4, 0.5) is 0 Å². The number of hydrogen-bond acceptors (Lipinski definition) is 1. The van der Waals surface area contributed by atoms with E-state index < -0.39 is 0 Å². The van der Waals surface area contributed by atoms with E-state index in [0.717, 1.165) is 5.84 Å². The average Bonchev–Trinajstić information content (AvgIpc) is 2.00. The van der Waals surface area contributed by atoms with Gasteiger partial charge in [0.2, 0.25) is 0 Å². The minimum absolute atomic E-state index is 0.620. The molecule has 2 heteroatoms. The van der Waals surface area contributed by atoms with Gasteiger partial charge in [-0.15, -0.1) is 0 Å². The molecule has 0 rings (SSSR count). The molecule has 0 saturated carbocycles. The minimum atomic E-state index is 0.620. The van der Waals surface area contributed by atoms with Gasteiger partial charge in [-0.2, -0.15) is 0 Å². The number of nitrogens with zero attached hydrogens (tertiary/aromatic N) is 1. The topological polar surface area (TPSA) is 24.4 Å². The van der Waals surface area contributed by atoms with Crippen LogP contribution in [0.2, 0.25) is 0 Å². The third kappa shape index (κ3) is 2.38. The molecule has 0 radical (unpaired) electrons. The molecule has 0 unspecified atom stereocenters. The lowest BCUT2D eigenvalue weighted by Gasteiger charge is -2.13. The highest BCUT2D eigenvalue weighted by molar-refractivity contribution is 5.84. The number of hydrogen-bond donors (Lipinski definition) is 1. The van der Waals surface area contributed by atoms with Crippen LogP contribution in [0.5, 0.6) is 0 Å². The second-order valence-electron chi connectivity index (χ2n) is 2.37. The van der Waals surface area contributed by atoms with Gasteiger partial charge in [-0.1, -0.05) is 13.8 Å². The molecule has 0 aromatic carbocycles. The maximum Gasteiger partial charge on any atom is 0.0988 e. The van der Waals surface area contributed by atoms with E-state index in [1.165, 1.54) is 12.8 Å². The zero-order valence-corrected chi connectivity index (χ0v) is 7.44. The van der Waals surface area contributed by atoms with Crippen LogP contribution >= 0.6 is 0 Å². The normalized spacial score (nSPS) is 12.3. The van der Waals surface area contributed by atoms with Gasteiger partial charge in [0.1, 0.15) is 0 Å². The summed E-state index contributed by atoms with van der Waals surface area (Å²) in [6, 6.07) is 0. The maximum absolute atomic E-state index is 4.15. The van der Waals surface area contributed by atoms with Crippen molar-refractivity contribution >= 4 is 5.84 Å². The molecule has 60 valence electrons. The van der Waals surface area contributed by atoms with Crippen molar-refractivity contribution in [2.45, 2.75) is 26.7 Å². The predicted octanol–water partition coefficient (Wildman–Crippen LogP) is 1.67. The molecule has 0 bridgehead atoms. The zero-order valence-electron chi connectivity index (χ0n) is 7.44. The fourth-order valence-electron chi connectivity index (χ4n) is 1.17. The molecule has 0 heterocycles. The van der Waals surface area contributed by atoms with Gasteiger partial charge in [-0.05, 0) is 12.8 Å². The molecule has 0 aliphatic heterocycles. The molecular weight excluding hydrogens is 124 g/mol. The molecule has 0 atom stereocenters. The third-order valence-electron chi connectivity index (χ3n) is 1.87. The SMILES string of the molecule is CCC(CC)C(=NC)NC. The van der Waals surface area contributed by atoms with Crippen molar-refractivity contribution in [1.82, 2.24) is 5.32 Å². The van der Waals surface area contributed by atoms with Crippen LogP contribution in [0, 0.1) is 5.92 Å². The van der Waals surface area contributed by atoms with Gasteiger partial charge in [0.15, 0.2) is 0 Å². The summed E-state index contributed by atoms with van der Waals surface area (Å²) in [6.45, 7) is 4.38. The molecule has 0 aliphatic rings. The largest absolute Gasteiger partial charge is 0.377 e. The summed E-state index contributed by atoms with van der Waals surface area (Å²) in [5, 5.41) is 3.10. The molecular formula is C8H18N2. The molecule has 0 fully saturated rings. The second kappa shape index (κ2) is 5.27. The highest BCUT2D eigenvalue weighted by Gasteiger charge is 2.07. The minimum Gasteiger partial charge on any atom is -0.377 e. The number of nitrogens with one attached hydrogen (secondary N) is 1. The van der Waals surface area contributed by atoms with E-state index in [9.17, 15) is 0 Å². The molecule has 1 N–H and O–H groups in total. The molecule has 0 spiro atoms. The standard InChI is InChI=1S/C8H18N2/c1-5-7(6-2)8(9-3)10-4/h7H,5-6H2,1-4H3,(H,9,10). The van der Waals surface area contributed by atoms with Gasteiger partial charge in [0.05, 0.1) is 5.84 Å². The summed E-state index contributed by atoms with van der Waals surface area (Å²) in [5.74, 6) is 1.75. The lowest BCUT2D eigenvalue weighted by Crippen LogP contribution is -2.26. The lowest BCUT2D eigenvalue weighted by molar-refractivity contribution is 0.625. The van der Waals surface area contributed by atoms with Gasteiger partial charge >= 0.3 is 0 Å². The van der Waals surface area contributed by atoms with Crippen LogP contribution in [0.15, 0.2) is 4.99 Å². The average molecular weight is 142 g/mol. The summed E-state index contributed by atoms with van der Waals surface area (Å²) in [6.07, 6.45) is 2.34. The smallest absolute Gasteiger partial charge is 0.0988 e. The highest BCUT2D eigenvalue weighted by atomic mass is 15.0. The maximum atomic E-state index is 4.15. The Balaban J connectivity index is 3.97. The highest BCUT2D eigenvalue weighted by Crippen LogP contribution is 2.07. The van der Waals surface area contributed by atoms with Crippen molar-refractivity contribution in [3.05, 3.63) is 0 Å². The van der Waals surface area contributed by atoms with Gasteiger partial charge in [-0.25, -0.2) is 0 Å². The molecule has 10 heavy (non-hydrogen) atoms. The fraction of sp³-hybridized carbons (Fsp3) is 0.875. The first-order valence-corrected chi connectivity index (χ1v) is 3.94. The van der Waals surface area contributed by atoms with Crippen molar-refractivity contribution in [2.24, 2.45) is 10.9 Å². The summed E-state index contributed by atoms with van der Waals surface area (Å²) < 4.78 is 0. The Morgan fingerprint density at radius 2 is 1.90 bits per heavy atom. The van der Waals surface area contributed by atoms with E-state index in [2.05, 4.69) is 24.2 Å². The van der Waals surface area contributed by atoms with E-state index >= 15 is 0 Å². The van der Waals surface area contributed by atoms with Gasteiger partial charge in [0, 0.05) is 20.0 Å². The molecule has 0 saturated heterocycles. The molecule has 0 aromatic rings. The first-order valence-electron chi connectivity index (χ1n) is 3.94. The summed E-state index contributed by atoms with van der Waals surface area (Å²) in [5.41, 5.74) is 0. The van der Waals surface area contributed by atoms with Gasteiger partial charge in [-0.3, -0.25) is 4.99 Å². The van der Waals surface area contributed by atoms with Crippen molar-refractivity contribution in [1.29, 1.82) is 0 Å². The van der Waals surface area contributed by atoms with E-state index in [-0.39, 0.29) is 0 Å². The second-order valence-corrected chi connectivity index (χ2v) is 2.37. The summed E-state index contributed by atoms with van der Waals surface area (Å²) in [7, 11) is 3.77. The number of aliphatic imine (C=N–C) groups is 1. The van der Waals surface area contributed by atoms with Crippen LogP contribution in [0.3, 0.4) is 0 Å². The van der Waals surface area contributed by atoms with Crippen LogP contribution in [-0.2, 0) is 0 Å². The predicted molar refractivity (Wildman–Crippen MR) is 46.5 cm³/mol. The Hall–Kier alpha value is -0.530. The molecule has 0 aromatic heterocycles. The zero-order chi connectivity index (χ0) is 7.98. The fourth-order valence-corrected chi connectivity index (χ4v) is 1.17. The van der Waals surface area contributed by atoms with Crippen molar-refractivity contribution in [3.8, 4) is 0 Å². The Labute approximate surface area is 63.7 Å². The van der Waals surface area contributed by atoms with Crippen LogP contribution in [-0.4, -0.2) is 19.9 Å². The summed E-state index contributed by atoms with van der Waals surface area (Å²) in [4.78, 5) is 4.15. The summed E-state index contributed by atoms with van der Waals surface area (Å²) >= 11 is 0. The third-order valence-corrected chi connectivity index (χ3v) is 1.87. The lowest BCUT2D eigenvalue weighted by atomic mass is 10.0. The van der Waals surface area contributed by atoms with Crippen LogP contribution < -0.4 is 5.32 Å². The first-order chi connectivity index (χ1) is 4.79. The Bertz CT molecular complexity index is 104. The van der Waals surface area contributed by atoms with Gasteiger partial charge < -0.3 is 5.32 Å². The Morgan fingerprint density at radius 1 is 1.40 bits per heavy atom. The van der Waals surface area contributed by atoms with Crippen molar-refractivity contribution < 1.29 is 0 Å².